The molecule has 6 nitrogen and oxygen atoms in total. The third-order valence-electron chi connectivity index (χ3n) is 4.59. The van der Waals surface area contributed by atoms with E-state index >= 15 is 0 Å². The minimum absolute atomic E-state index is 0.206. The summed E-state index contributed by atoms with van der Waals surface area (Å²) in [5, 5.41) is 5.67. The number of urea groups is 1. The van der Waals surface area contributed by atoms with Crippen LogP contribution in [0.2, 0.25) is 0 Å². The quantitative estimate of drug-likeness (QED) is 0.750. The van der Waals surface area contributed by atoms with Crippen LogP contribution in [0.1, 0.15) is 44.6 Å². The van der Waals surface area contributed by atoms with Gasteiger partial charge in [0.15, 0.2) is 0 Å². The molecular formula is C18H23N3O3. The summed E-state index contributed by atoms with van der Waals surface area (Å²) in [5.74, 6) is -0.613. The number of nitrogens with zero attached hydrogens (tertiary/aromatic N) is 1. The lowest BCUT2D eigenvalue weighted by atomic mass is 9.85. The number of hydrogen-bond acceptors (Lipinski definition) is 3. The SMILES string of the molecule is CCCCC1(c2ccccc2)NC(=O)N(CC(=O)NC2CC2)C1=O. The lowest BCUT2D eigenvalue weighted by Gasteiger charge is -2.27. The third-order valence-corrected chi connectivity index (χ3v) is 4.59. The summed E-state index contributed by atoms with van der Waals surface area (Å²) in [5.41, 5.74) is -0.296. The van der Waals surface area contributed by atoms with E-state index in [9.17, 15) is 14.4 Å². The van der Waals surface area contributed by atoms with Crippen molar-refractivity contribution in [2.75, 3.05) is 6.54 Å². The number of amides is 4. The number of benzene rings is 1. The van der Waals surface area contributed by atoms with E-state index in [1.165, 1.54) is 0 Å². The Bertz CT molecular complexity index is 642. The van der Waals surface area contributed by atoms with Crippen molar-refractivity contribution in [1.29, 1.82) is 0 Å². The van der Waals surface area contributed by atoms with Gasteiger partial charge in [0.05, 0.1) is 0 Å². The minimum atomic E-state index is -1.06. The first-order valence-electron chi connectivity index (χ1n) is 8.56. The smallest absolute Gasteiger partial charge is 0.325 e. The molecule has 0 bridgehead atoms. The zero-order chi connectivity index (χ0) is 17.2. The third kappa shape index (κ3) is 3.13. The van der Waals surface area contributed by atoms with Gasteiger partial charge in [-0.2, -0.15) is 0 Å². The second kappa shape index (κ2) is 6.63. The zero-order valence-electron chi connectivity index (χ0n) is 13.9. The summed E-state index contributed by atoms with van der Waals surface area (Å²) in [6.45, 7) is 1.82. The maximum atomic E-state index is 13.0. The van der Waals surface area contributed by atoms with Gasteiger partial charge in [0.2, 0.25) is 5.91 Å². The van der Waals surface area contributed by atoms with Gasteiger partial charge >= 0.3 is 6.03 Å². The van der Waals surface area contributed by atoms with Crippen molar-refractivity contribution in [3.8, 4) is 0 Å². The molecule has 6 heteroatoms. The van der Waals surface area contributed by atoms with Crippen LogP contribution in [0.4, 0.5) is 4.79 Å². The fourth-order valence-electron chi connectivity index (χ4n) is 3.09. The summed E-state index contributed by atoms with van der Waals surface area (Å²) in [6, 6.07) is 8.99. The Morgan fingerprint density at radius 2 is 2.00 bits per heavy atom. The van der Waals surface area contributed by atoms with Crippen LogP contribution in [0.15, 0.2) is 30.3 Å². The Balaban J connectivity index is 1.82. The second-order valence-electron chi connectivity index (χ2n) is 6.54. The van der Waals surface area contributed by atoms with Gasteiger partial charge in [-0.25, -0.2) is 4.79 Å². The molecule has 1 saturated carbocycles. The normalized spacial score (nSPS) is 23.3. The molecular weight excluding hydrogens is 306 g/mol. The molecule has 4 amide bonds. The highest BCUT2D eigenvalue weighted by molar-refractivity contribution is 6.09. The number of nitrogens with one attached hydrogen (secondary N) is 2. The van der Waals surface area contributed by atoms with Gasteiger partial charge in [-0.1, -0.05) is 50.1 Å². The van der Waals surface area contributed by atoms with Gasteiger partial charge in [-0.05, 0) is 24.8 Å². The molecule has 0 aromatic heterocycles. The molecule has 2 aliphatic rings. The summed E-state index contributed by atoms with van der Waals surface area (Å²) >= 11 is 0. The average Bonchev–Trinajstić information content (AvgIpc) is 3.36. The summed E-state index contributed by atoms with van der Waals surface area (Å²) in [7, 11) is 0. The van der Waals surface area contributed by atoms with Crippen molar-refractivity contribution in [3.05, 3.63) is 35.9 Å². The molecule has 2 fully saturated rings. The van der Waals surface area contributed by atoms with Crippen LogP contribution in [-0.4, -0.2) is 35.3 Å². The van der Waals surface area contributed by atoms with E-state index < -0.39 is 11.6 Å². The van der Waals surface area contributed by atoms with Gasteiger partial charge in [0.25, 0.3) is 5.91 Å². The summed E-state index contributed by atoms with van der Waals surface area (Å²) < 4.78 is 0. The summed E-state index contributed by atoms with van der Waals surface area (Å²) in [6.07, 6.45) is 4.19. The van der Waals surface area contributed by atoms with Gasteiger partial charge in [-0.15, -0.1) is 0 Å². The average molecular weight is 329 g/mol. The molecule has 1 atom stereocenters. The highest BCUT2D eigenvalue weighted by Crippen LogP contribution is 2.34. The van der Waals surface area contributed by atoms with Crippen LogP contribution in [-0.2, 0) is 15.1 Å². The molecule has 2 N–H and O–H groups in total. The Morgan fingerprint density at radius 3 is 2.62 bits per heavy atom. The highest BCUT2D eigenvalue weighted by Gasteiger charge is 2.52. The second-order valence-corrected chi connectivity index (χ2v) is 6.54. The molecule has 128 valence electrons. The van der Waals surface area contributed by atoms with Crippen molar-refractivity contribution < 1.29 is 14.4 Å². The Hall–Kier alpha value is -2.37. The molecule has 1 aromatic carbocycles. The number of carbonyl (C=O) groups excluding carboxylic acids is 3. The maximum absolute atomic E-state index is 13.0. The van der Waals surface area contributed by atoms with Gasteiger partial charge < -0.3 is 10.6 Å². The summed E-state index contributed by atoms with van der Waals surface area (Å²) in [4.78, 5) is 38.5. The number of hydrogen-bond donors (Lipinski definition) is 2. The van der Waals surface area contributed by atoms with Crippen LogP contribution in [0.25, 0.3) is 0 Å². The van der Waals surface area contributed by atoms with Gasteiger partial charge in [-0.3, -0.25) is 14.5 Å². The van der Waals surface area contributed by atoms with Crippen molar-refractivity contribution in [1.82, 2.24) is 15.5 Å². The first-order chi connectivity index (χ1) is 11.6. The molecule has 1 aliphatic heterocycles. The Morgan fingerprint density at radius 1 is 1.29 bits per heavy atom. The van der Waals surface area contributed by atoms with Crippen molar-refractivity contribution in [2.45, 2.75) is 50.6 Å². The predicted molar refractivity (Wildman–Crippen MR) is 89.1 cm³/mol. The molecule has 0 radical (unpaired) electrons. The van der Waals surface area contributed by atoms with E-state index in [0.29, 0.717) is 6.42 Å². The van der Waals surface area contributed by atoms with Crippen LogP contribution in [0, 0.1) is 0 Å². The number of imide groups is 1. The molecule has 24 heavy (non-hydrogen) atoms. The fraction of sp³-hybridized carbons (Fsp3) is 0.500. The maximum Gasteiger partial charge on any atom is 0.325 e. The largest absolute Gasteiger partial charge is 0.352 e. The Labute approximate surface area is 141 Å². The molecule has 1 aromatic rings. The molecule has 1 unspecified atom stereocenters. The standard InChI is InChI=1S/C18H23N3O3/c1-2-3-11-18(13-7-5-4-6-8-13)16(23)21(17(24)20-18)12-15(22)19-14-9-10-14/h4-8,14H,2-3,9-12H2,1H3,(H,19,22)(H,20,24). The van der Waals surface area contributed by atoms with E-state index in [1.807, 2.05) is 37.3 Å². The Kier molecular flexibility index (Phi) is 4.55. The molecule has 0 spiro atoms. The van der Waals surface area contributed by atoms with E-state index in [4.69, 9.17) is 0 Å². The minimum Gasteiger partial charge on any atom is -0.352 e. The van der Waals surface area contributed by atoms with Crippen LogP contribution in [0.5, 0.6) is 0 Å². The molecule has 1 heterocycles. The molecule has 1 saturated heterocycles. The van der Waals surface area contributed by atoms with E-state index in [1.54, 1.807) is 0 Å². The first-order valence-corrected chi connectivity index (χ1v) is 8.56. The van der Waals surface area contributed by atoms with E-state index in [0.717, 1.165) is 36.1 Å². The zero-order valence-corrected chi connectivity index (χ0v) is 13.9. The van der Waals surface area contributed by atoms with Crippen LogP contribution < -0.4 is 10.6 Å². The van der Waals surface area contributed by atoms with Gasteiger partial charge in [0, 0.05) is 6.04 Å². The topological polar surface area (TPSA) is 78.5 Å². The number of rotatable bonds is 7. The molecule has 3 rings (SSSR count). The monoisotopic (exact) mass is 329 g/mol. The van der Waals surface area contributed by atoms with Crippen molar-refractivity contribution in [2.24, 2.45) is 0 Å². The van der Waals surface area contributed by atoms with E-state index in [2.05, 4.69) is 10.6 Å². The van der Waals surface area contributed by atoms with E-state index in [-0.39, 0.29) is 24.4 Å². The number of carbonyl (C=O) groups is 3. The van der Waals surface area contributed by atoms with Crippen molar-refractivity contribution >= 4 is 17.8 Å². The van der Waals surface area contributed by atoms with Crippen molar-refractivity contribution in [3.63, 3.8) is 0 Å². The van der Waals surface area contributed by atoms with Crippen LogP contribution >= 0.6 is 0 Å². The first kappa shape index (κ1) is 16.5. The lowest BCUT2D eigenvalue weighted by Crippen LogP contribution is -2.45. The predicted octanol–water partition coefficient (Wildman–Crippen LogP) is 1.90. The number of unbranched alkanes of at least 4 members (excludes halogenated alkanes) is 1. The fourth-order valence-corrected chi connectivity index (χ4v) is 3.09. The lowest BCUT2D eigenvalue weighted by molar-refractivity contribution is -0.135. The molecule has 1 aliphatic carbocycles. The van der Waals surface area contributed by atoms with Gasteiger partial charge in [0.1, 0.15) is 12.1 Å². The highest BCUT2D eigenvalue weighted by atomic mass is 16.2. The van der Waals surface area contributed by atoms with Crippen LogP contribution in [0.3, 0.4) is 0 Å².